The van der Waals surface area contributed by atoms with Gasteiger partial charge in [-0.2, -0.15) is 0 Å². The molecule has 1 N–H and O–H groups in total. The Morgan fingerprint density at radius 3 is 2.67 bits per heavy atom. The second-order valence-corrected chi connectivity index (χ2v) is 6.34. The minimum atomic E-state index is -0.900. The Balaban J connectivity index is 1.57. The van der Waals surface area contributed by atoms with Crippen molar-refractivity contribution in [2.24, 2.45) is 14.1 Å². The predicted octanol–water partition coefficient (Wildman–Crippen LogP) is 0.401. The first-order valence-corrected chi connectivity index (χ1v) is 8.46. The van der Waals surface area contributed by atoms with Crippen LogP contribution in [0.1, 0.15) is 0 Å². The minimum absolute atomic E-state index is 0.0642. The van der Waals surface area contributed by atoms with Crippen molar-refractivity contribution in [1.29, 1.82) is 0 Å². The van der Waals surface area contributed by atoms with Gasteiger partial charge in [-0.25, -0.2) is 18.6 Å². The number of hydrogen-bond acceptors (Lipinski definition) is 7. The molecule has 13 heteroatoms. The Morgan fingerprint density at radius 2 is 1.93 bits per heavy atom. The predicted molar refractivity (Wildman–Crippen MR) is 98.5 cm³/mol. The van der Waals surface area contributed by atoms with Crippen LogP contribution >= 0.6 is 0 Å². The lowest BCUT2D eigenvalue weighted by atomic mass is 10.2. The number of carbonyl (C=O) groups is 1. The van der Waals surface area contributed by atoms with E-state index in [0.29, 0.717) is 6.07 Å². The van der Waals surface area contributed by atoms with Crippen LogP contribution < -0.4 is 16.6 Å². The molecular formula is C17H13F2N7O4. The molecule has 0 radical (unpaired) electrons. The zero-order valence-corrected chi connectivity index (χ0v) is 15.6. The molecule has 4 aromatic rings. The van der Waals surface area contributed by atoms with E-state index in [9.17, 15) is 23.2 Å². The van der Waals surface area contributed by atoms with E-state index in [1.807, 2.05) is 0 Å². The third kappa shape index (κ3) is 3.15. The third-order valence-electron chi connectivity index (χ3n) is 4.36. The molecule has 4 rings (SSSR count). The van der Waals surface area contributed by atoms with Crippen LogP contribution in [0.2, 0.25) is 0 Å². The molecule has 0 atom stereocenters. The Hall–Kier alpha value is -4.16. The maximum Gasteiger partial charge on any atom is 0.332 e. The highest BCUT2D eigenvalue weighted by Crippen LogP contribution is 2.23. The molecule has 3 heterocycles. The molecule has 0 fully saturated rings. The van der Waals surface area contributed by atoms with Crippen molar-refractivity contribution < 1.29 is 18.0 Å². The van der Waals surface area contributed by atoms with Crippen LogP contribution in [0.15, 0.2) is 38.5 Å². The van der Waals surface area contributed by atoms with Gasteiger partial charge in [-0.15, -0.1) is 5.10 Å². The normalized spacial score (nSPS) is 11.2. The highest BCUT2D eigenvalue weighted by Gasteiger charge is 2.18. The lowest BCUT2D eigenvalue weighted by Crippen LogP contribution is -2.37. The van der Waals surface area contributed by atoms with E-state index in [2.05, 4.69) is 20.5 Å². The first-order chi connectivity index (χ1) is 14.3. The van der Waals surface area contributed by atoms with Crippen LogP contribution in [0.4, 0.5) is 14.8 Å². The standard InChI is InChI=1S/C17H13F2N7O4/c1-24-13-12(15(28)25(2)17(24)29)26(7-20-13)6-11(27)21-16-23-22-14(30-16)9-4-3-8(18)5-10(9)19/h3-5,7H,6H2,1-2H3,(H,21,23,27). The van der Waals surface area contributed by atoms with Crippen molar-refractivity contribution in [2.75, 3.05) is 5.32 Å². The molecule has 11 nitrogen and oxygen atoms in total. The maximum atomic E-state index is 13.8. The van der Waals surface area contributed by atoms with E-state index in [1.165, 1.54) is 29.6 Å². The molecule has 0 aliphatic heterocycles. The van der Waals surface area contributed by atoms with Gasteiger partial charge in [0.05, 0.1) is 11.9 Å². The third-order valence-corrected chi connectivity index (χ3v) is 4.36. The summed E-state index contributed by atoms with van der Waals surface area (Å²) in [4.78, 5) is 40.7. The number of anilines is 1. The molecule has 1 amide bonds. The largest absolute Gasteiger partial charge is 0.403 e. The Labute approximate surface area is 165 Å². The number of rotatable bonds is 4. The number of fused-ring (bicyclic) bond motifs is 1. The van der Waals surface area contributed by atoms with Gasteiger partial charge in [0.15, 0.2) is 11.2 Å². The molecular weight excluding hydrogens is 404 g/mol. The van der Waals surface area contributed by atoms with Gasteiger partial charge in [0.2, 0.25) is 5.91 Å². The second-order valence-electron chi connectivity index (χ2n) is 6.34. The second kappa shape index (κ2) is 7.02. The van der Waals surface area contributed by atoms with Crippen LogP contribution in [0.3, 0.4) is 0 Å². The molecule has 30 heavy (non-hydrogen) atoms. The average molecular weight is 417 g/mol. The van der Waals surface area contributed by atoms with Gasteiger partial charge in [0.1, 0.15) is 18.2 Å². The summed E-state index contributed by atoms with van der Waals surface area (Å²) in [6.45, 7) is -0.341. The van der Waals surface area contributed by atoms with E-state index in [0.717, 1.165) is 16.7 Å². The average Bonchev–Trinajstić information content (AvgIpc) is 3.32. The van der Waals surface area contributed by atoms with Gasteiger partial charge in [-0.1, -0.05) is 5.10 Å². The number of amides is 1. The van der Waals surface area contributed by atoms with Crippen molar-refractivity contribution in [3.63, 3.8) is 0 Å². The van der Waals surface area contributed by atoms with Crippen molar-refractivity contribution in [3.8, 4) is 11.5 Å². The number of aromatic nitrogens is 6. The molecule has 0 unspecified atom stereocenters. The highest BCUT2D eigenvalue weighted by atomic mass is 19.1. The van der Waals surface area contributed by atoms with Gasteiger partial charge in [-0.05, 0) is 12.1 Å². The van der Waals surface area contributed by atoms with Gasteiger partial charge in [0, 0.05) is 20.2 Å². The summed E-state index contributed by atoms with van der Waals surface area (Å²) in [5, 5.41) is 9.54. The van der Waals surface area contributed by atoms with E-state index >= 15 is 0 Å². The summed E-state index contributed by atoms with van der Waals surface area (Å²) < 4.78 is 35.4. The molecule has 0 aliphatic carbocycles. The fourth-order valence-electron chi connectivity index (χ4n) is 2.88. The lowest BCUT2D eigenvalue weighted by molar-refractivity contribution is -0.116. The first kappa shape index (κ1) is 19.2. The molecule has 3 aromatic heterocycles. The molecule has 0 aliphatic rings. The Bertz CT molecular complexity index is 1420. The first-order valence-electron chi connectivity index (χ1n) is 8.46. The van der Waals surface area contributed by atoms with Crippen LogP contribution in [-0.2, 0) is 25.4 Å². The van der Waals surface area contributed by atoms with Crippen LogP contribution in [0.5, 0.6) is 0 Å². The maximum absolute atomic E-state index is 13.8. The van der Waals surface area contributed by atoms with Crippen LogP contribution in [0.25, 0.3) is 22.6 Å². The van der Waals surface area contributed by atoms with Crippen molar-refractivity contribution in [1.82, 2.24) is 28.9 Å². The number of nitrogens with one attached hydrogen (secondary N) is 1. The number of aryl methyl sites for hydroxylation is 1. The molecule has 0 saturated heterocycles. The van der Waals surface area contributed by atoms with Crippen molar-refractivity contribution >= 4 is 23.1 Å². The Kier molecular flexibility index (Phi) is 4.49. The van der Waals surface area contributed by atoms with Crippen molar-refractivity contribution in [3.05, 3.63) is 57.0 Å². The van der Waals surface area contributed by atoms with E-state index in [1.54, 1.807) is 0 Å². The summed E-state index contributed by atoms with van der Waals surface area (Å²) in [6, 6.07) is 2.50. The number of hydrogen-bond donors (Lipinski definition) is 1. The molecule has 0 saturated carbocycles. The SMILES string of the molecule is Cn1c(=O)c2c(ncn2CC(=O)Nc2nnc(-c3ccc(F)cc3F)o2)n(C)c1=O. The molecule has 0 bridgehead atoms. The quantitative estimate of drug-likeness (QED) is 0.509. The van der Waals surface area contributed by atoms with Crippen molar-refractivity contribution in [2.45, 2.75) is 6.54 Å². The number of carbonyl (C=O) groups excluding carboxylic acids is 1. The Morgan fingerprint density at radius 1 is 1.17 bits per heavy atom. The highest BCUT2D eigenvalue weighted by molar-refractivity contribution is 5.89. The number of benzene rings is 1. The van der Waals surface area contributed by atoms with Gasteiger partial charge in [0.25, 0.3) is 11.4 Å². The summed E-state index contributed by atoms with van der Waals surface area (Å²) in [6.07, 6.45) is 1.25. The summed E-state index contributed by atoms with van der Waals surface area (Å²) in [5.41, 5.74) is -1.09. The molecule has 1 aromatic carbocycles. The lowest BCUT2D eigenvalue weighted by Gasteiger charge is -2.06. The zero-order valence-electron chi connectivity index (χ0n) is 15.6. The fraction of sp³-hybridized carbons (Fsp3) is 0.176. The molecule has 154 valence electrons. The smallest absolute Gasteiger partial charge is 0.332 e. The fourth-order valence-corrected chi connectivity index (χ4v) is 2.88. The summed E-state index contributed by atoms with van der Waals surface area (Å²) >= 11 is 0. The van der Waals surface area contributed by atoms with Gasteiger partial charge >= 0.3 is 11.7 Å². The van der Waals surface area contributed by atoms with E-state index < -0.39 is 28.8 Å². The van der Waals surface area contributed by atoms with E-state index in [4.69, 9.17) is 4.42 Å². The number of halogens is 2. The van der Waals surface area contributed by atoms with Gasteiger partial charge in [-0.3, -0.25) is 24.0 Å². The summed E-state index contributed by atoms with van der Waals surface area (Å²) in [7, 11) is 2.77. The minimum Gasteiger partial charge on any atom is -0.403 e. The van der Waals surface area contributed by atoms with Crippen LogP contribution in [0, 0.1) is 11.6 Å². The zero-order chi connectivity index (χ0) is 21.6. The number of imidazole rings is 1. The monoisotopic (exact) mass is 417 g/mol. The van der Waals surface area contributed by atoms with Gasteiger partial charge < -0.3 is 8.98 Å². The summed E-state index contributed by atoms with van der Waals surface area (Å²) in [5.74, 6) is -2.55. The number of nitrogens with zero attached hydrogens (tertiary/aromatic N) is 6. The van der Waals surface area contributed by atoms with E-state index in [-0.39, 0.29) is 35.2 Å². The molecule has 0 spiro atoms. The van der Waals surface area contributed by atoms with Crippen LogP contribution in [-0.4, -0.2) is 34.8 Å². The topological polar surface area (TPSA) is 130 Å².